The summed E-state index contributed by atoms with van der Waals surface area (Å²) in [6, 6.07) is 8.24. The lowest BCUT2D eigenvalue weighted by Gasteiger charge is -2.20. The molecule has 0 saturated heterocycles. The number of hydrogen-bond donors (Lipinski definition) is 1. The topological polar surface area (TPSA) is 79.0 Å². The standard InChI is InChI=1S/C19H24ClN3O4S2/c1-5-10-23(12-15-7-9-18(20)28-15)13-19(24)21-14-6-8-16(27-4)17(11-14)29(25,26)22(2)3/h5-9,11H,1,10,12-13H2,2-4H3,(H,21,24). The van der Waals surface area contributed by atoms with Crippen molar-refractivity contribution in [2.75, 3.05) is 39.6 Å². The number of benzene rings is 1. The Morgan fingerprint density at radius 2 is 2.03 bits per heavy atom. The van der Waals surface area contributed by atoms with Crippen molar-refractivity contribution in [3.8, 4) is 5.75 Å². The molecule has 29 heavy (non-hydrogen) atoms. The molecule has 7 nitrogen and oxygen atoms in total. The zero-order valence-electron chi connectivity index (χ0n) is 16.5. The number of ether oxygens (including phenoxy) is 1. The number of nitrogens with zero attached hydrogens (tertiary/aromatic N) is 2. The molecule has 2 rings (SSSR count). The first-order valence-electron chi connectivity index (χ1n) is 8.65. The van der Waals surface area contributed by atoms with Gasteiger partial charge in [0.2, 0.25) is 15.9 Å². The van der Waals surface area contributed by atoms with Crippen LogP contribution in [0.15, 0.2) is 47.9 Å². The van der Waals surface area contributed by atoms with Crippen molar-refractivity contribution in [2.24, 2.45) is 0 Å². The van der Waals surface area contributed by atoms with Crippen LogP contribution >= 0.6 is 22.9 Å². The summed E-state index contributed by atoms with van der Waals surface area (Å²) in [5.41, 5.74) is 0.369. The molecule has 10 heteroatoms. The Morgan fingerprint density at radius 1 is 1.31 bits per heavy atom. The lowest BCUT2D eigenvalue weighted by molar-refractivity contribution is -0.117. The van der Waals surface area contributed by atoms with Gasteiger partial charge in [0.25, 0.3) is 0 Å². The Morgan fingerprint density at radius 3 is 2.59 bits per heavy atom. The quantitative estimate of drug-likeness (QED) is 0.554. The van der Waals surface area contributed by atoms with Crippen molar-refractivity contribution in [1.29, 1.82) is 0 Å². The number of methoxy groups -OCH3 is 1. The van der Waals surface area contributed by atoms with Crippen LogP contribution in [0.1, 0.15) is 4.88 Å². The van der Waals surface area contributed by atoms with E-state index in [1.165, 1.54) is 44.7 Å². The van der Waals surface area contributed by atoms with E-state index < -0.39 is 10.0 Å². The molecular formula is C19H24ClN3O4S2. The van der Waals surface area contributed by atoms with Gasteiger partial charge < -0.3 is 10.1 Å². The highest BCUT2D eigenvalue weighted by Gasteiger charge is 2.23. The molecule has 0 aliphatic heterocycles. The van der Waals surface area contributed by atoms with Crippen LogP contribution in [0, 0.1) is 0 Å². The minimum atomic E-state index is -3.73. The Balaban J connectivity index is 2.15. The largest absolute Gasteiger partial charge is 0.495 e. The van der Waals surface area contributed by atoms with Gasteiger partial charge in [-0.15, -0.1) is 17.9 Å². The molecule has 0 fully saturated rings. The Hall–Kier alpha value is -1.91. The number of rotatable bonds is 10. The second-order valence-corrected chi connectivity index (χ2v) is 10.3. The lowest BCUT2D eigenvalue weighted by Crippen LogP contribution is -2.33. The third kappa shape index (κ3) is 6.28. The van der Waals surface area contributed by atoms with E-state index >= 15 is 0 Å². The van der Waals surface area contributed by atoms with Crippen molar-refractivity contribution in [3.05, 3.63) is 52.2 Å². The number of halogens is 1. The molecule has 0 aliphatic carbocycles. The number of sulfonamides is 1. The van der Waals surface area contributed by atoms with Gasteiger partial charge in [-0.25, -0.2) is 12.7 Å². The number of carbonyl (C=O) groups excluding carboxylic acids is 1. The number of thiophene rings is 1. The van der Waals surface area contributed by atoms with Crippen LogP contribution in [0.5, 0.6) is 5.75 Å². The maximum Gasteiger partial charge on any atom is 0.246 e. The fourth-order valence-electron chi connectivity index (χ4n) is 2.58. The summed E-state index contributed by atoms with van der Waals surface area (Å²) in [6.45, 7) is 4.92. The summed E-state index contributed by atoms with van der Waals surface area (Å²) in [7, 11) is 0.538. The van der Waals surface area contributed by atoms with E-state index in [4.69, 9.17) is 16.3 Å². The molecular weight excluding hydrogens is 434 g/mol. The lowest BCUT2D eigenvalue weighted by atomic mass is 10.3. The first-order valence-corrected chi connectivity index (χ1v) is 11.3. The Labute approximate surface area is 180 Å². The van der Waals surface area contributed by atoms with Crippen molar-refractivity contribution < 1.29 is 17.9 Å². The second kappa shape index (κ2) is 10.2. The molecule has 0 unspecified atom stereocenters. The van der Waals surface area contributed by atoms with Gasteiger partial charge in [0.1, 0.15) is 10.6 Å². The van der Waals surface area contributed by atoms with Gasteiger partial charge in [-0.2, -0.15) is 0 Å². The van der Waals surface area contributed by atoms with Crippen molar-refractivity contribution in [2.45, 2.75) is 11.4 Å². The zero-order chi connectivity index (χ0) is 21.6. The van der Waals surface area contributed by atoms with Crippen LogP contribution in [0.4, 0.5) is 5.69 Å². The van der Waals surface area contributed by atoms with E-state index in [0.29, 0.717) is 23.1 Å². The van der Waals surface area contributed by atoms with E-state index in [1.54, 1.807) is 12.1 Å². The highest BCUT2D eigenvalue weighted by atomic mass is 35.5. The fraction of sp³-hybridized carbons (Fsp3) is 0.316. The number of carbonyl (C=O) groups is 1. The van der Waals surface area contributed by atoms with Gasteiger partial charge in [-0.05, 0) is 30.3 Å². The molecule has 1 heterocycles. The van der Waals surface area contributed by atoms with Crippen LogP contribution in [-0.4, -0.2) is 57.8 Å². The van der Waals surface area contributed by atoms with Crippen LogP contribution in [0.2, 0.25) is 4.34 Å². The predicted octanol–water partition coefficient (Wildman–Crippen LogP) is 3.29. The van der Waals surface area contributed by atoms with Gasteiger partial charge in [0, 0.05) is 37.7 Å². The van der Waals surface area contributed by atoms with Gasteiger partial charge in [-0.3, -0.25) is 9.69 Å². The van der Waals surface area contributed by atoms with E-state index in [9.17, 15) is 13.2 Å². The minimum Gasteiger partial charge on any atom is -0.495 e. The number of nitrogens with one attached hydrogen (secondary N) is 1. The summed E-state index contributed by atoms with van der Waals surface area (Å²) in [5.74, 6) is -0.0626. The summed E-state index contributed by atoms with van der Waals surface area (Å²) in [5, 5.41) is 2.75. The number of anilines is 1. The Bertz CT molecular complexity index is 974. The third-order valence-electron chi connectivity index (χ3n) is 3.97. The maximum atomic E-state index is 12.5. The molecule has 0 aliphatic rings. The summed E-state index contributed by atoms with van der Waals surface area (Å²) in [6.07, 6.45) is 1.72. The molecule has 2 aromatic rings. The van der Waals surface area contributed by atoms with Gasteiger partial charge in [0.05, 0.1) is 18.0 Å². The highest BCUT2D eigenvalue weighted by Crippen LogP contribution is 2.29. The number of hydrogen-bond acceptors (Lipinski definition) is 6. The van der Waals surface area contributed by atoms with Gasteiger partial charge >= 0.3 is 0 Å². The van der Waals surface area contributed by atoms with Crippen LogP contribution in [0.3, 0.4) is 0 Å². The van der Waals surface area contributed by atoms with E-state index in [1.807, 2.05) is 17.0 Å². The Kier molecular flexibility index (Phi) is 8.23. The van der Waals surface area contributed by atoms with E-state index in [0.717, 1.165) is 9.18 Å². The zero-order valence-corrected chi connectivity index (χ0v) is 18.9. The third-order valence-corrected chi connectivity index (χ3v) is 7.02. The number of amides is 1. The van der Waals surface area contributed by atoms with Crippen molar-refractivity contribution in [3.63, 3.8) is 0 Å². The SMILES string of the molecule is C=CCN(CC(=O)Nc1ccc(OC)c(S(=O)(=O)N(C)C)c1)Cc1ccc(Cl)s1. The predicted molar refractivity (Wildman–Crippen MR) is 117 cm³/mol. The molecule has 0 saturated carbocycles. The average molecular weight is 458 g/mol. The van der Waals surface area contributed by atoms with Gasteiger partial charge in [0.15, 0.2) is 0 Å². The maximum absolute atomic E-state index is 12.5. The highest BCUT2D eigenvalue weighted by molar-refractivity contribution is 7.89. The first kappa shape index (κ1) is 23.4. The fourth-order valence-corrected chi connectivity index (χ4v) is 4.79. The minimum absolute atomic E-state index is 0.0148. The molecule has 1 amide bonds. The van der Waals surface area contributed by atoms with E-state index in [2.05, 4.69) is 11.9 Å². The van der Waals surface area contributed by atoms with Crippen molar-refractivity contribution >= 4 is 44.6 Å². The average Bonchev–Trinajstić information content (AvgIpc) is 3.06. The molecule has 0 radical (unpaired) electrons. The van der Waals surface area contributed by atoms with Crippen LogP contribution in [0.25, 0.3) is 0 Å². The monoisotopic (exact) mass is 457 g/mol. The molecule has 1 N–H and O–H groups in total. The summed E-state index contributed by atoms with van der Waals surface area (Å²) < 4.78 is 32.0. The summed E-state index contributed by atoms with van der Waals surface area (Å²) in [4.78, 5) is 15.5. The normalized spacial score (nSPS) is 11.7. The van der Waals surface area contributed by atoms with Crippen LogP contribution in [-0.2, 0) is 21.4 Å². The molecule has 1 aromatic carbocycles. The van der Waals surface area contributed by atoms with Gasteiger partial charge in [-0.1, -0.05) is 17.7 Å². The second-order valence-electron chi connectivity index (χ2n) is 6.37. The smallest absolute Gasteiger partial charge is 0.246 e. The van der Waals surface area contributed by atoms with Crippen molar-refractivity contribution in [1.82, 2.24) is 9.21 Å². The molecule has 0 bridgehead atoms. The van der Waals surface area contributed by atoms with Crippen LogP contribution < -0.4 is 10.1 Å². The van der Waals surface area contributed by atoms with E-state index in [-0.39, 0.29) is 23.1 Å². The molecule has 158 valence electrons. The molecule has 0 atom stereocenters. The first-order chi connectivity index (χ1) is 13.7. The molecule has 0 spiro atoms. The summed E-state index contributed by atoms with van der Waals surface area (Å²) >= 11 is 7.43. The molecule has 1 aromatic heterocycles.